The molecular weight excluding hydrogens is 212 g/mol. The van der Waals surface area contributed by atoms with E-state index in [0.29, 0.717) is 17.8 Å². The fourth-order valence-electron chi connectivity index (χ4n) is 2.92. The molecule has 4 heteroatoms. The van der Waals surface area contributed by atoms with Gasteiger partial charge in [0.2, 0.25) is 0 Å². The van der Waals surface area contributed by atoms with E-state index >= 15 is 0 Å². The van der Waals surface area contributed by atoms with Crippen LogP contribution in [0.1, 0.15) is 19.8 Å². The Balaban J connectivity index is 1.81. The van der Waals surface area contributed by atoms with Crippen LogP contribution in [0.15, 0.2) is 12.2 Å². The molecule has 2 aliphatic carbocycles. The minimum atomic E-state index is -3.00. The average molecular weight is 231 g/mol. The molecule has 2 bridgehead atoms. The molecule has 0 aromatic heterocycles. The third kappa shape index (κ3) is 2.43. The Morgan fingerprint density at radius 2 is 2.19 bits per heavy atom. The van der Waals surface area contributed by atoms with Crippen LogP contribution in [0.5, 0.6) is 0 Å². The van der Waals surface area contributed by atoms with Crippen LogP contribution in [0.2, 0.25) is 0 Å². The molecule has 16 heavy (non-hydrogen) atoms. The number of hydrogen-bond donors (Lipinski definition) is 2. The normalized spacial score (nSPS) is 34.6. The van der Waals surface area contributed by atoms with Crippen LogP contribution in [-0.2, 0) is 0 Å². The van der Waals surface area contributed by atoms with Gasteiger partial charge in [-0.1, -0.05) is 12.2 Å². The summed E-state index contributed by atoms with van der Waals surface area (Å²) in [6.07, 6.45) is 6.77. The van der Waals surface area contributed by atoms with E-state index in [0.717, 1.165) is 6.42 Å². The molecule has 4 unspecified atom stereocenters. The molecular formula is C12H19F2NO. The molecule has 2 nitrogen and oxygen atoms in total. The van der Waals surface area contributed by atoms with Gasteiger partial charge in [-0.05, 0) is 37.5 Å². The molecule has 0 amide bonds. The van der Waals surface area contributed by atoms with Gasteiger partial charge in [-0.3, -0.25) is 0 Å². The quantitative estimate of drug-likeness (QED) is 0.707. The van der Waals surface area contributed by atoms with E-state index in [1.54, 1.807) is 0 Å². The maximum Gasteiger partial charge on any atom is 0.282 e. The number of aliphatic hydroxyl groups is 1. The first-order valence-corrected chi connectivity index (χ1v) is 5.92. The summed E-state index contributed by atoms with van der Waals surface area (Å²) in [5.74, 6) is -1.29. The van der Waals surface area contributed by atoms with E-state index in [2.05, 4.69) is 17.5 Å². The molecule has 0 aliphatic heterocycles. The zero-order chi connectivity index (χ0) is 11.8. The summed E-state index contributed by atoms with van der Waals surface area (Å²) in [5.41, 5.74) is 0. The highest BCUT2D eigenvalue weighted by atomic mass is 19.3. The lowest BCUT2D eigenvalue weighted by Gasteiger charge is -2.27. The summed E-state index contributed by atoms with van der Waals surface area (Å²) >= 11 is 0. The molecule has 0 radical (unpaired) electrons. The van der Waals surface area contributed by atoms with Gasteiger partial charge in [0, 0.05) is 6.04 Å². The minimum absolute atomic E-state index is 0.0948. The number of fused-ring (bicyclic) bond motifs is 2. The topological polar surface area (TPSA) is 32.3 Å². The molecule has 0 aromatic carbocycles. The monoisotopic (exact) mass is 231 g/mol. The standard InChI is InChI=1S/C12H19F2NO/c1-8(15-6-12(13,14)7-16)11-5-9-2-3-10(11)4-9/h2-3,8-11,15-16H,4-7H2,1H3. The highest BCUT2D eigenvalue weighted by molar-refractivity contribution is 5.11. The van der Waals surface area contributed by atoms with Gasteiger partial charge in [-0.15, -0.1) is 0 Å². The predicted molar refractivity (Wildman–Crippen MR) is 58.3 cm³/mol. The van der Waals surface area contributed by atoms with Gasteiger partial charge in [0.05, 0.1) is 6.54 Å². The summed E-state index contributed by atoms with van der Waals surface area (Å²) in [7, 11) is 0. The molecule has 2 N–H and O–H groups in total. The second-order valence-electron chi connectivity index (χ2n) is 5.13. The van der Waals surface area contributed by atoms with Gasteiger partial charge in [0.15, 0.2) is 0 Å². The SMILES string of the molecule is CC(NCC(F)(F)CO)C1CC2C=CC1C2. The molecule has 0 spiro atoms. The van der Waals surface area contributed by atoms with Gasteiger partial charge in [-0.2, -0.15) is 0 Å². The van der Waals surface area contributed by atoms with Crippen LogP contribution in [-0.4, -0.2) is 30.2 Å². The summed E-state index contributed by atoms with van der Waals surface area (Å²) in [4.78, 5) is 0. The Morgan fingerprint density at radius 1 is 1.44 bits per heavy atom. The maximum absolute atomic E-state index is 12.9. The second-order valence-corrected chi connectivity index (χ2v) is 5.13. The maximum atomic E-state index is 12.9. The fourth-order valence-corrected chi connectivity index (χ4v) is 2.92. The molecule has 0 heterocycles. The molecule has 0 saturated heterocycles. The zero-order valence-corrected chi connectivity index (χ0v) is 9.50. The van der Waals surface area contributed by atoms with Crippen molar-refractivity contribution in [3.63, 3.8) is 0 Å². The van der Waals surface area contributed by atoms with Crippen molar-refractivity contribution in [1.29, 1.82) is 0 Å². The Kier molecular flexibility index (Phi) is 3.31. The Morgan fingerprint density at radius 3 is 2.69 bits per heavy atom. The van der Waals surface area contributed by atoms with E-state index in [9.17, 15) is 8.78 Å². The van der Waals surface area contributed by atoms with Crippen molar-refractivity contribution in [1.82, 2.24) is 5.32 Å². The molecule has 2 rings (SSSR count). The van der Waals surface area contributed by atoms with Crippen molar-refractivity contribution in [2.75, 3.05) is 13.2 Å². The minimum Gasteiger partial charge on any atom is -0.390 e. The van der Waals surface area contributed by atoms with Crippen LogP contribution in [0.4, 0.5) is 8.78 Å². The zero-order valence-electron chi connectivity index (χ0n) is 9.50. The number of allylic oxidation sites excluding steroid dienone is 2. The second kappa shape index (κ2) is 4.41. The van der Waals surface area contributed by atoms with E-state index < -0.39 is 19.1 Å². The van der Waals surface area contributed by atoms with Gasteiger partial charge in [0.25, 0.3) is 5.92 Å². The number of hydrogen-bond acceptors (Lipinski definition) is 2. The van der Waals surface area contributed by atoms with Crippen LogP contribution in [0.25, 0.3) is 0 Å². The van der Waals surface area contributed by atoms with Crippen molar-refractivity contribution >= 4 is 0 Å². The van der Waals surface area contributed by atoms with Gasteiger partial charge < -0.3 is 10.4 Å². The predicted octanol–water partition coefficient (Wildman–Crippen LogP) is 1.80. The largest absolute Gasteiger partial charge is 0.390 e. The average Bonchev–Trinajstić information content (AvgIpc) is 2.87. The highest BCUT2D eigenvalue weighted by Crippen LogP contribution is 2.44. The lowest BCUT2D eigenvalue weighted by atomic mass is 9.87. The van der Waals surface area contributed by atoms with Crippen molar-refractivity contribution in [3.05, 3.63) is 12.2 Å². The Bertz CT molecular complexity index is 280. The number of rotatable bonds is 5. The Labute approximate surface area is 94.7 Å². The number of nitrogens with one attached hydrogen (secondary N) is 1. The summed E-state index contributed by atoms with van der Waals surface area (Å²) in [5, 5.41) is 11.3. The van der Waals surface area contributed by atoms with Crippen molar-refractivity contribution in [2.24, 2.45) is 17.8 Å². The lowest BCUT2D eigenvalue weighted by molar-refractivity contribution is -0.0502. The van der Waals surface area contributed by atoms with Crippen LogP contribution in [0, 0.1) is 17.8 Å². The van der Waals surface area contributed by atoms with E-state index in [1.165, 1.54) is 6.42 Å². The summed E-state index contributed by atoms with van der Waals surface area (Å²) < 4.78 is 25.7. The summed E-state index contributed by atoms with van der Waals surface area (Å²) in [6, 6.07) is 0.0948. The smallest absolute Gasteiger partial charge is 0.282 e. The lowest BCUT2D eigenvalue weighted by Crippen LogP contribution is -2.43. The third-order valence-corrected chi connectivity index (χ3v) is 3.89. The van der Waals surface area contributed by atoms with Gasteiger partial charge in [0.1, 0.15) is 6.61 Å². The van der Waals surface area contributed by atoms with Crippen molar-refractivity contribution < 1.29 is 13.9 Å². The fraction of sp³-hybridized carbons (Fsp3) is 0.833. The summed E-state index contributed by atoms with van der Waals surface area (Å²) in [6.45, 7) is 0.457. The molecule has 1 fully saturated rings. The Hall–Kier alpha value is -0.480. The van der Waals surface area contributed by atoms with Crippen LogP contribution in [0.3, 0.4) is 0 Å². The third-order valence-electron chi connectivity index (χ3n) is 3.89. The van der Waals surface area contributed by atoms with E-state index in [1.807, 2.05) is 6.92 Å². The number of alkyl halides is 2. The van der Waals surface area contributed by atoms with E-state index in [4.69, 9.17) is 5.11 Å². The first-order valence-electron chi connectivity index (χ1n) is 5.92. The molecule has 4 atom stereocenters. The van der Waals surface area contributed by atoms with Crippen molar-refractivity contribution in [2.45, 2.75) is 31.7 Å². The first-order chi connectivity index (χ1) is 7.52. The van der Waals surface area contributed by atoms with Crippen molar-refractivity contribution in [3.8, 4) is 0 Å². The molecule has 2 aliphatic rings. The molecule has 92 valence electrons. The molecule has 1 saturated carbocycles. The number of halogens is 2. The molecule has 0 aromatic rings. The van der Waals surface area contributed by atoms with E-state index in [-0.39, 0.29) is 6.04 Å². The number of aliphatic hydroxyl groups excluding tert-OH is 1. The van der Waals surface area contributed by atoms with Crippen LogP contribution >= 0.6 is 0 Å². The van der Waals surface area contributed by atoms with Gasteiger partial charge in [-0.25, -0.2) is 8.78 Å². The van der Waals surface area contributed by atoms with Crippen LogP contribution < -0.4 is 5.32 Å². The highest BCUT2D eigenvalue weighted by Gasteiger charge is 2.39. The first kappa shape index (κ1) is 12.0. The van der Waals surface area contributed by atoms with Gasteiger partial charge >= 0.3 is 0 Å².